The molecule has 1 aliphatic heterocycles. The highest BCUT2D eigenvalue weighted by atomic mass is 16.8. The standard InChI is InChI=1S/C12H23NO3/c1-6-8(7-13)12(5)9(14)15-10(16-12)11(2,3)4/h8,10H,6-7,13H2,1-5H3. The van der Waals surface area contributed by atoms with E-state index >= 15 is 0 Å². The molecule has 16 heavy (non-hydrogen) atoms. The Balaban J connectivity index is 2.88. The normalized spacial score (nSPS) is 32.6. The van der Waals surface area contributed by atoms with Crippen molar-refractivity contribution in [2.45, 2.75) is 52.9 Å². The lowest BCUT2D eigenvalue weighted by Gasteiger charge is -2.30. The van der Waals surface area contributed by atoms with Crippen LogP contribution in [0, 0.1) is 11.3 Å². The van der Waals surface area contributed by atoms with Crippen molar-refractivity contribution in [2.24, 2.45) is 17.1 Å². The van der Waals surface area contributed by atoms with E-state index in [2.05, 4.69) is 0 Å². The Bertz CT molecular complexity index is 268. The molecule has 0 aromatic carbocycles. The van der Waals surface area contributed by atoms with Crippen molar-refractivity contribution in [3.05, 3.63) is 0 Å². The highest BCUT2D eigenvalue weighted by Crippen LogP contribution is 2.39. The SMILES string of the molecule is CCC(CN)C1(C)OC(C(C)(C)C)OC1=O. The van der Waals surface area contributed by atoms with Gasteiger partial charge in [0.2, 0.25) is 6.29 Å². The molecule has 1 heterocycles. The summed E-state index contributed by atoms with van der Waals surface area (Å²) in [6, 6.07) is 0. The zero-order valence-electron chi connectivity index (χ0n) is 10.9. The highest BCUT2D eigenvalue weighted by molar-refractivity contribution is 5.81. The molecule has 0 aromatic rings. The van der Waals surface area contributed by atoms with Crippen LogP contribution in [0.2, 0.25) is 0 Å². The molecular weight excluding hydrogens is 206 g/mol. The van der Waals surface area contributed by atoms with E-state index in [0.717, 1.165) is 6.42 Å². The van der Waals surface area contributed by atoms with Crippen LogP contribution < -0.4 is 5.73 Å². The molecular formula is C12H23NO3. The predicted molar refractivity (Wildman–Crippen MR) is 61.7 cm³/mol. The second-order valence-electron chi connectivity index (χ2n) is 5.67. The van der Waals surface area contributed by atoms with Gasteiger partial charge in [0.1, 0.15) is 0 Å². The topological polar surface area (TPSA) is 61.6 Å². The van der Waals surface area contributed by atoms with Crippen molar-refractivity contribution in [1.82, 2.24) is 0 Å². The number of ether oxygens (including phenoxy) is 2. The number of nitrogens with two attached hydrogens (primary N) is 1. The third-order valence-corrected chi connectivity index (χ3v) is 3.23. The Labute approximate surface area is 97.5 Å². The van der Waals surface area contributed by atoms with E-state index in [4.69, 9.17) is 15.2 Å². The van der Waals surface area contributed by atoms with Crippen LogP contribution in [0.5, 0.6) is 0 Å². The van der Waals surface area contributed by atoms with Crippen LogP contribution in [-0.2, 0) is 14.3 Å². The minimum Gasteiger partial charge on any atom is -0.433 e. The van der Waals surface area contributed by atoms with E-state index < -0.39 is 11.9 Å². The van der Waals surface area contributed by atoms with Gasteiger partial charge in [0.05, 0.1) is 0 Å². The maximum atomic E-state index is 11.9. The van der Waals surface area contributed by atoms with Crippen molar-refractivity contribution < 1.29 is 14.3 Å². The fraction of sp³-hybridized carbons (Fsp3) is 0.917. The Hall–Kier alpha value is -0.610. The van der Waals surface area contributed by atoms with E-state index in [9.17, 15) is 4.79 Å². The lowest BCUT2D eigenvalue weighted by Crippen LogP contribution is -2.45. The molecule has 94 valence electrons. The van der Waals surface area contributed by atoms with Gasteiger partial charge in [-0.1, -0.05) is 27.7 Å². The third kappa shape index (κ3) is 2.23. The molecule has 4 heteroatoms. The van der Waals surface area contributed by atoms with Gasteiger partial charge in [-0.15, -0.1) is 0 Å². The van der Waals surface area contributed by atoms with Crippen LogP contribution in [0.3, 0.4) is 0 Å². The fourth-order valence-electron chi connectivity index (χ4n) is 1.91. The van der Waals surface area contributed by atoms with Gasteiger partial charge in [-0.05, 0) is 19.9 Å². The number of rotatable bonds is 3. The molecule has 2 N–H and O–H groups in total. The number of esters is 1. The molecule has 0 radical (unpaired) electrons. The molecule has 0 amide bonds. The molecule has 0 spiro atoms. The molecule has 4 nitrogen and oxygen atoms in total. The van der Waals surface area contributed by atoms with Crippen molar-refractivity contribution in [3.63, 3.8) is 0 Å². The van der Waals surface area contributed by atoms with E-state index in [1.165, 1.54) is 0 Å². The van der Waals surface area contributed by atoms with Gasteiger partial charge in [-0.3, -0.25) is 0 Å². The summed E-state index contributed by atoms with van der Waals surface area (Å²) in [5.74, 6) is -0.280. The zero-order chi connectivity index (χ0) is 12.6. The molecule has 1 fully saturated rings. The van der Waals surface area contributed by atoms with Crippen LogP contribution in [0.4, 0.5) is 0 Å². The van der Waals surface area contributed by atoms with Crippen LogP contribution in [0.15, 0.2) is 0 Å². The van der Waals surface area contributed by atoms with Crippen molar-refractivity contribution in [2.75, 3.05) is 6.54 Å². The molecule has 3 atom stereocenters. The van der Waals surface area contributed by atoms with Crippen LogP contribution >= 0.6 is 0 Å². The van der Waals surface area contributed by atoms with E-state index in [1.54, 1.807) is 6.92 Å². The van der Waals surface area contributed by atoms with Crippen LogP contribution in [0.1, 0.15) is 41.0 Å². The van der Waals surface area contributed by atoms with Crippen molar-refractivity contribution in [3.8, 4) is 0 Å². The first-order valence-electron chi connectivity index (χ1n) is 5.84. The molecule has 0 aromatic heterocycles. The van der Waals surface area contributed by atoms with Crippen LogP contribution in [-0.4, -0.2) is 24.4 Å². The van der Waals surface area contributed by atoms with Gasteiger partial charge in [0, 0.05) is 11.3 Å². The van der Waals surface area contributed by atoms with Gasteiger partial charge in [-0.25, -0.2) is 4.79 Å². The Morgan fingerprint density at radius 2 is 2.06 bits per heavy atom. The number of hydrogen-bond acceptors (Lipinski definition) is 4. The van der Waals surface area contributed by atoms with Crippen LogP contribution in [0.25, 0.3) is 0 Å². The largest absolute Gasteiger partial charge is 0.433 e. The second kappa shape index (κ2) is 4.34. The smallest absolute Gasteiger partial charge is 0.340 e. The summed E-state index contributed by atoms with van der Waals surface area (Å²) in [6.07, 6.45) is 0.324. The molecule has 1 saturated heterocycles. The highest BCUT2D eigenvalue weighted by Gasteiger charge is 2.53. The number of carbonyl (C=O) groups is 1. The van der Waals surface area contributed by atoms with Crippen molar-refractivity contribution >= 4 is 5.97 Å². The summed E-state index contributed by atoms with van der Waals surface area (Å²) in [4.78, 5) is 11.9. The fourth-order valence-corrected chi connectivity index (χ4v) is 1.91. The molecule has 0 bridgehead atoms. The molecule has 3 unspecified atom stereocenters. The van der Waals surface area contributed by atoms with Gasteiger partial charge in [0.15, 0.2) is 5.60 Å². The maximum Gasteiger partial charge on any atom is 0.340 e. The van der Waals surface area contributed by atoms with Gasteiger partial charge in [-0.2, -0.15) is 0 Å². The lowest BCUT2D eigenvalue weighted by atomic mass is 9.87. The number of carbonyl (C=O) groups excluding carboxylic acids is 1. The zero-order valence-corrected chi connectivity index (χ0v) is 10.9. The van der Waals surface area contributed by atoms with Gasteiger partial charge < -0.3 is 15.2 Å². The molecule has 0 aliphatic carbocycles. The minimum atomic E-state index is -0.887. The first-order chi connectivity index (χ1) is 7.25. The van der Waals surface area contributed by atoms with Gasteiger partial charge >= 0.3 is 5.97 Å². The second-order valence-corrected chi connectivity index (χ2v) is 5.67. The van der Waals surface area contributed by atoms with Gasteiger partial charge in [0.25, 0.3) is 0 Å². The molecule has 1 aliphatic rings. The quantitative estimate of drug-likeness (QED) is 0.748. The van der Waals surface area contributed by atoms with Crippen molar-refractivity contribution in [1.29, 1.82) is 0 Å². The Morgan fingerprint density at radius 1 is 1.50 bits per heavy atom. The molecule has 0 saturated carbocycles. The first kappa shape index (κ1) is 13.5. The maximum absolute atomic E-state index is 11.9. The summed E-state index contributed by atoms with van der Waals surface area (Å²) in [6.45, 7) is 10.2. The molecule has 1 rings (SSSR count). The first-order valence-corrected chi connectivity index (χ1v) is 5.84. The summed E-state index contributed by atoms with van der Waals surface area (Å²) in [5, 5.41) is 0. The lowest BCUT2D eigenvalue weighted by molar-refractivity contribution is -0.157. The summed E-state index contributed by atoms with van der Waals surface area (Å²) < 4.78 is 11.1. The monoisotopic (exact) mass is 229 g/mol. The number of cyclic esters (lactones) is 1. The average molecular weight is 229 g/mol. The van der Waals surface area contributed by atoms with E-state index in [0.29, 0.717) is 6.54 Å². The predicted octanol–water partition coefficient (Wildman–Crippen LogP) is 1.68. The Morgan fingerprint density at radius 3 is 2.38 bits per heavy atom. The number of hydrogen-bond donors (Lipinski definition) is 1. The average Bonchev–Trinajstić information content (AvgIpc) is 2.45. The van der Waals surface area contributed by atoms with E-state index in [1.807, 2.05) is 27.7 Å². The minimum absolute atomic E-state index is 0.00681. The van der Waals surface area contributed by atoms with E-state index in [-0.39, 0.29) is 17.3 Å². The summed E-state index contributed by atoms with van der Waals surface area (Å²) >= 11 is 0. The Kier molecular flexibility index (Phi) is 3.65. The summed E-state index contributed by atoms with van der Waals surface area (Å²) in [7, 11) is 0. The summed E-state index contributed by atoms with van der Waals surface area (Å²) in [5.41, 5.74) is 4.58. The third-order valence-electron chi connectivity index (χ3n) is 3.23.